The van der Waals surface area contributed by atoms with Gasteiger partial charge in [-0.05, 0) is 25.9 Å². The maximum absolute atomic E-state index is 10.9. The second kappa shape index (κ2) is 6.98. The summed E-state index contributed by atoms with van der Waals surface area (Å²) in [5, 5.41) is 13.4. The number of thiazole rings is 1. The standard InChI is InChI=1S/C13H21N3O2S/c1-2-12-15-10(8-13(17)18)11(19-12)9-16-6-3-4-14-5-7-16/h14H,2-9H2,1H3,(H,17,18). The van der Waals surface area contributed by atoms with Crippen molar-refractivity contribution < 1.29 is 9.90 Å². The van der Waals surface area contributed by atoms with Gasteiger partial charge in [-0.2, -0.15) is 0 Å². The molecule has 0 spiro atoms. The van der Waals surface area contributed by atoms with Crippen LogP contribution in [0.1, 0.15) is 28.9 Å². The molecule has 1 aromatic heterocycles. The second-order valence-electron chi connectivity index (χ2n) is 4.78. The molecule has 1 aromatic rings. The Morgan fingerprint density at radius 1 is 1.47 bits per heavy atom. The Morgan fingerprint density at radius 3 is 3.05 bits per heavy atom. The number of hydrogen-bond donors (Lipinski definition) is 2. The van der Waals surface area contributed by atoms with Gasteiger partial charge in [0.25, 0.3) is 0 Å². The molecule has 106 valence electrons. The average Bonchev–Trinajstić information content (AvgIpc) is 2.59. The third-order valence-electron chi connectivity index (χ3n) is 3.24. The van der Waals surface area contributed by atoms with Gasteiger partial charge in [-0.25, -0.2) is 4.98 Å². The van der Waals surface area contributed by atoms with E-state index in [1.807, 2.05) is 0 Å². The van der Waals surface area contributed by atoms with E-state index in [0.717, 1.165) is 61.1 Å². The highest BCUT2D eigenvalue weighted by Gasteiger charge is 2.17. The molecular weight excluding hydrogens is 262 g/mol. The third kappa shape index (κ3) is 4.26. The van der Waals surface area contributed by atoms with E-state index in [4.69, 9.17) is 5.11 Å². The Balaban J connectivity index is 2.08. The van der Waals surface area contributed by atoms with Gasteiger partial charge in [0, 0.05) is 24.5 Å². The quantitative estimate of drug-likeness (QED) is 0.848. The molecule has 1 saturated heterocycles. The Morgan fingerprint density at radius 2 is 2.32 bits per heavy atom. The van der Waals surface area contributed by atoms with Gasteiger partial charge in [0.2, 0.25) is 0 Å². The molecule has 0 bridgehead atoms. The maximum Gasteiger partial charge on any atom is 0.309 e. The van der Waals surface area contributed by atoms with Crippen LogP contribution in [0.2, 0.25) is 0 Å². The number of carbonyl (C=O) groups is 1. The lowest BCUT2D eigenvalue weighted by molar-refractivity contribution is -0.136. The third-order valence-corrected chi connectivity index (χ3v) is 4.47. The molecule has 0 atom stereocenters. The molecular formula is C13H21N3O2S. The Bertz CT molecular complexity index is 426. The zero-order chi connectivity index (χ0) is 13.7. The Labute approximate surface area is 117 Å². The van der Waals surface area contributed by atoms with Crippen molar-refractivity contribution in [3.63, 3.8) is 0 Å². The van der Waals surface area contributed by atoms with Crippen LogP contribution in [0.15, 0.2) is 0 Å². The van der Waals surface area contributed by atoms with Crippen LogP contribution in [0.25, 0.3) is 0 Å². The van der Waals surface area contributed by atoms with Crippen molar-refractivity contribution >= 4 is 17.3 Å². The van der Waals surface area contributed by atoms with Crippen LogP contribution in [0.5, 0.6) is 0 Å². The van der Waals surface area contributed by atoms with E-state index in [0.29, 0.717) is 0 Å². The normalized spacial score (nSPS) is 17.3. The molecule has 19 heavy (non-hydrogen) atoms. The van der Waals surface area contributed by atoms with Crippen molar-refractivity contribution in [3.8, 4) is 0 Å². The average molecular weight is 283 g/mol. The van der Waals surface area contributed by atoms with Crippen LogP contribution < -0.4 is 5.32 Å². The number of carboxylic acids is 1. The van der Waals surface area contributed by atoms with Crippen LogP contribution in [0.3, 0.4) is 0 Å². The first-order chi connectivity index (χ1) is 9.19. The SMILES string of the molecule is CCc1nc(CC(=O)O)c(CN2CCCNCC2)s1. The second-order valence-corrected chi connectivity index (χ2v) is 5.95. The van der Waals surface area contributed by atoms with Gasteiger partial charge in [0.05, 0.1) is 17.1 Å². The van der Waals surface area contributed by atoms with E-state index in [1.54, 1.807) is 11.3 Å². The lowest BCUT2D eigenvalue weighted by Gasteiger charge is -2.18. The Kier molecular flexibility index (Phi) is 5.30. The smallest absolute Gasteiger partial charge is 0.309 e. The molecule has 1 aliphatic heterocycles. The van der Waals surface area contributed by atoms with Crippen molar-refractivity contribution in [3.05, 3.63) is 15.6 Å². The molecule has 0 saturated carbocycles. The van der Waals surface area contributed by atoms with Crippen molar-refractivity contribution in [2.45, 2.75) is 32.7 Å². The lowest BCUT2D eigenvalue weighted by atomic mass is 10.2. The van der Waals surface area contributed by atoms with Gasteiger partial charge in [-0.15, -0.1) is 11.3 Å². The van der Waals surface area contributed by atoms with Crippen molar-refractivity contribution in [1.82, 2.24) is 15.2 Å². The Hall–Kier alpha value is -0.980. The molecule has 2 N–H and O–H groups in total. The van der Waals surface area contributed by atoms with Gasteiger partial charge in [0.1, 0.15) is 0 Å². The molecule has 2 heterocycles. The fraction of sp³-hybridized carbons (Fsp3) is 0.692. The molecule has 0 aromatic carbocycles. The monoisotopic (exact) mass is 283 g/mol. The summed E-state index contributed by atoms with van der Waals surface area (Å²) in [7, 11) is 0. The first-order valence-corrected chi connectivity index (χ1v) is 7.63. The minimum atomic E-state index is -0.799. The van der Waals surface area contributed by atoms with E-state index < -0.39 is 5.97 Å². The van der Waals surface area contributed by atoms with Crippen LogP contribution >= 0.6 is 11.3 Å². The highest BCUT2D eigenvalue weighted by molar-refractivity contribution is 7.11. The minimum Gasteiger partial charge on any atom is -0.481 e. The lowest BCUT2D eigenvalue weighted by Crippen LogP contribution is -2.27. The van der Waals surface area contributed by atoms with Gasteiger partial charge in [0.15, 0.2) is 0 Å². The van der Waals surface area contributed by atoms with Crippen LogP contribution in [0, 0.1) is 0 Å². The summed E-state index contributed by atoms with van der Waals surface area (Å²) < 4.78 is 0. The zero-order valence-electron chi connectivity index (χ0n) is 11.3. The molecule has 0 radical (unpaired) electrons. The van der Waals surface area contributed by atoms with E-state index in [-0.39, 0.29) is 6.42 Å². The van der Waals surface area contributed by atoms with Crippen molar-refractivity contribution in [2.75, 3.05) is 26.2 Å². The largest absolute Gasteiger partial charge is 0.481 e. The molecule has 0 unspecified atom stereocenters. The summed E-state index contributed by atoms with van der Waals surface area (Å²) in [5.41, 5.74) is 0.756. The number of aryl methyl sites for hydroxylation is 1. The summed E-state index contributed by atoms with van der Waals surface area (Å²) in [6, 6.07) is 0. The fourth-order valence-electron chi connectivity index (χ4n) is 2.26. The molecule has 0 amide bonds. The number of nitrogens with zero attached hydrogens (tertiary/aromatic N) is 2. The maximum atomic E-state index is 10.9. The summed E-state index contributed by atoms with van der Waals surface area (Å²) in [6.07, 6.45) is 2.06. The first-order valence-electron chi connectivity index (χ1n) is 6.81. The minimum absolute atomic E-state index is 0.0396. The number of rotatable bonds is 5. The molecule has 1 fully saturated rings. The van der Waals surface area contributed by atoms with E-state index in [2.05, 4.69) is 22.1 Å². The summed E-state index contributed by atoms with van der Waals surface area (Å²) >= 11 is 1.67. The number of nitrogens with one attached hydrogen (secondary N) is 1. The van der Waals surface area contributed by atoms with Crippen LogP contribution in [-0.2, 0) is 24.2 Å². The van der Waals surface area contributed by atoms with Crippen LogP contribution in [0.4, 0.5) is 0 Å². The molecule has 5 nitrogen and oxygen atoms in total. The summed E-state index contributed by atoms with van der Waals surface area (Å²) in [6.45, 7) is 7.06. The van der Waals surface area contributed by atoms with E-state index in [9.17, 15) is 4.79 Å². The molecule has 1 aliphatic rings. The number of aromatic nitrogens is 1. The molecule has 0 aliphatic carbocycles. The number of carboxylic acid groups (broad SMARTS) is 1. The predicted molar refractivity (Wildman–Crippen MR) is 75.6 cm³/mol. The number of hydrogen-bond acceptors (Lipinski definition) is 5. The van der Waals surface area contributed by atoms with E-state index in [1.165, 1.54) is 0 Å². The number of aliphatic carboxylic acids is 1. The van der Waals surface area contributed by atoms with E-state index >= 15 is 0 Å². The highest BCUT2D eigenvalue weighted by atomic mass is 32.1. The fourth-order valence-corrected chi connectivity index (χ4v) is 3.32. The van der Waals surface area contributed by atoms with Gasteiger partial charge >= 0.3 is 5.97 Å². The van der Waals surface area contributed by atoms with Gasteiger partial charge < -0.3 is 10.4 Å². The topological polar surface area (TPSA) is 65.5 Å². The summed E-state index contributed by atoms with van der Waals surface area (Å²) in [4.78, 5) is 18.9. The van der Waals surface area contributed by atoms with Gasteiger partial charge in [-0.1, -0.05) is 6.92 Å². The van der Waals surface area contributed by atoms with Crippen LogP contribution in [-0.4, -0.2) is 47.1 Å². The predicted octanol–water partition coefficient (Wildman–Crippen LogP) is 1.13. The first kappa shape index (κ1) is 14.4. The highest BCUT2D eigenvalue weighted by Crippen LogP contribution is 2.22. The summed E-state index contributed by atoms with van der Waals surface area (Å²) in [5.74, 6) is -0.799. The van der Waals surface area contributed by atoms with Gasteiger partial charge in [-0.3, -0.25) is 9.69 Å². The molecule has 2 rings (SSSR count). The zero-order valence-corrected chi connectivity index (χ0v) is 12.1. The van der Waals surface area contributed by atoms with Crippen molar-refractivity contribution in [2.24, 2.45) is 0 Å². The van der Waals surface area contributed by atoms with Crippen molar-refractivity contribution in [1.29, 1.82) is 0 Å². The molecule has 6 heteroatoms.